The van der Waals surface area contributed by atoms with Crippen LogP contribution in [0.5, 0.6) is 0 Å². The summed E-state index contributed by atoms with van der Waals surface area (Å²) in [6.45, 7) is 3.73. The van der Waals surface area contributed by atoms with E-state index in [1.54, 1.807) is 24.4 Å². The van der Waals surface area contributed by atoms with Gasteiger partial charge in [-0.05, 0) is 37.6 Å². The number of nitrogens with zero attached hydrogens (tertiary/aromatic N) is 5. The van der Waals surface area contributed by atoms with Gasteiger partial charge in [-0.2, -0.15) is 10.2 Å². The maximum Gasteiger partial charge on any atom is 0.291 e. The summed E-state index contributed by atoms with van der Waals surface area (Å²) in [4.78, 5) is 20.5. The third-order valence-electron chi connectivity index (χ3n) is 3.52. The van der Waals surface area contributed by atoms with E-state index in [4.69, 9.17) is 5.26 Å². The molecule has 0 radical (unpaired) electrons. The van der Waals surface area contributed by atoms with Gasteiger partial charge in [0.05, 0.1) is 17.7 Å². The van der Waals surface area contributed by atoms with Crippen molar-refractivity contribution < 1.29 is 4.79 Å². The molecule has 0 spiro atoms. The molecule has 23 heavy (non-hydrogen) atoms. The molecule has 3 aromatic rings. The molecule has 7 nitrogen and oxygen atoms in total. The van der Waals surface area contributed by atoms with E-state index in [1.807, 2.05) is 26.0 Å². The van der Waals surface area contributed by atoms with Crippen LogP contribution in [-0.4, -0.2) is 25.5 Å². The molecule has 1 aromatic carbocycles. The van der Waals surface area contributed by atoms with Gasteiger partial charge >= 0.3 is 0 Å². The first-order valence-corrected chi connectivity index (χ1v) is 7.08. The number of hydrogen-bond donors (Lipinski definition) is 1. The summed E-state index contributed by atoms with van der Waals surface area (Å²) in [5.74, 6) is 0.0974. The monoisotopic (exact) mass is 306 g/mol. The zero-order valence-electron chi connectivity index (χ0n) is 12.7. The van der Waals surface area contributed by atoms with Gasteiger partial charge in [0.25, 0.3) is 11.7 Å². The third kappa shape index (κ3) is 2.87. The van der Waals surface area contributed by atoms with Crippen molar-refractivity contribution in [1.29, 1.82) is 5.26 Å². The average molecular weight is 306 g/mol. The second-order valence-electron chi connectivity index (χ2n) is 5.16. The van der Waals surface area contributed by atoms with Crippen molar-refractivity contribution in [1.82, 2.24) is 24.9 Å². The summed E-state index contributed by atoms with van der Waals surface area (Å²) < 4.78 is 1.53. The van der Waals surface area contributed by atoms with E-state index in [9.17, 15) is 4.79 Å². The van der Waals surface area contributed by atoms with E-state index in [-0.39, 0.29) is 17.8 Å². The smallest absolute Gasteiger partial charge is 0.291 e. The number of benzene rings is 1. The Hall–Kier alpha value is -3.27. The van der Waals surface area contributed by atoms with Crippen molar-refractivity contribution in [2.75, 3.05) is 0 Å². The van der Waals surface area contributed by atoms with Crippen LogP contribution in [0, 0.1) is 18.3 Å². The molecule has 0 saturated heterocycles. The minimum absolute atomic E-state index is 0.0762. The summed E-state index contributed by atoms with van der Waals surface area (Å²) in [7, 11) is 0. The van der Waals surface area contributed by atoms with E-state index in [0.29, 0.717) is 11.3 Å². The van der Waals surface area contributed by atoms with Crippen molar-refractivity contribution in [3.8, 4) is 6.07 Å². The highest BCUT2D eigenvalue weighted by molar-refractivity contribution is 5.91. The Kier molecular flexibility index (Phi) is 3.73. The van der Waals surface area contributed by atoms with Crippen LogP contribution in [0.1, 0.15) is 40.4 Å². The zero-order valence-corrected chi connectivity index (χ0v) is 12.7. The molecule has 0 aliphatic heterocycles. The number of nitrogens with one attached hydrogen (secondary N) is 1. The molecule has 0 aliphatic rings. The SMILES string of the molecule is Cc1ccnc2nc(C(=O)NC(C)c3ccc(C#N)cc3)nn12. The first kappa shape index (κ1) is 14.7. The fourth-order valence-corrected chi connectivity index (χ4v) is 2.19. The Bertz CT molecular complexity index is 906. The number of hydrogen-bond acceptors (Lipinski definition) is 5. The molecule has 0 fully saturated rings. The second kappa shape index (κ2) is 5.85. The maximum absolute atomic E-state index is 12.3. The molecule has 7 heteroatoms. The molecule has 1 amide bonds. The number of fused-ring (bicyclic) bond motifs is 1. The normalized spacial score (nSPS) is 11.9. The number of rotatable bonds is 3. The fourth-order valence-electron chi connectivity index (χ4n) is 2.19. The molecule has 3 rings (SSSR count). The van der Waals surface area contributed by atoms with E-state index in [0.717, 1.165) is 11.3 Å². The van der Waals surface area contributed by atoms with Crippen LogP contribution in [0.4, 0.5) is 0 Å². The Morgan fingerprint density at radius 2 is 2.04 bits per heavy atom. The second-order valence-corrected chi connectivity index (χ2v) is 5.16. The lowest BCUT2D eigenvalue weighted by Crippen LogP contribution is -2.27. The highest BCUT2D eigenvalue weighted by Gasteiger charge is 2.17. The van der Waals surface area contributed by atoms with Gasteiger partial charge in [-0.1, -0.05) is 12.1 Å². The topological polar surface area (TPSA) is 96.0 Å². The standard InChI is InChI=1S/C16H14N6O/c1-10-7-8-18-16-20-14(21-22(10)16)15(23)19-11(2)13-5-3-12(9-17)4-6-13/h3-8,11H,1-2H3,(H,19,23). The summed E-state index contributed by atoms with van der Waals surface area (Å²) in [5, 5.41) is 15.8. The quantitative estimate of drug-likeness (QED) is 0.796. The molecule has 0 aliphatic carbocycles. The highest BCUT2D eigenvalue weighted by atomic mass is 16.2. The van der Waals surface area contributed by atoms with Crippen molar-refractivity contribution in [3.05, 3.63) is 59.2 Å². The predicted molar refractivity (Wildman–Crippen MR) is 82.6 cm³/mol. The molecule has 0 bridgehead atoms. The number of aromatic nitrogens is 4. The molecule has 1 N–H and O–H groups in total. The van der Waals surface area contributed by atoms with E-state index >= 15 is 0 Å². The predicted octanol–water partition coefficient (Wildman–Crippen LogP) is 1.80. The van der Waals surface area contributed by atoms with Crippen LogP contribution in [0.15, 0.2) is 36.5 Å². The minimum Gasteiger partial charge on any atom is -0.343 e. The zero-order chi connectivity index (χ0) is 16.4. The molecule has 0 saturated carbocycles. The van der Waals surface area contributed by atoms with Crippen molar-refractivity contribution in [2.45, 2.75) is 19.9 Å². The molecule has 2 aromatic heterocycles. The van der Waals surface area contributed by atoms with Gasteiger partial charge in [-0.3, -0.25) is 4.79 Å². The van der Waals surface area contributed by atoms with E-state index in [2.05, 4.69) is 26.5 Å². The number of aryl methyl sites for hydroxylation is 1. The van der Waals surface area contributed by atoms with Gasteiger partial charge in [-0.25, -0.2) is 9.50 Å². The highest BCUT2D eigenvalue weighted by Crippen LogP contribution is 2.13. The van der Waals surface area contributed by atoms with Crippen LogP contribution in [0.3, 0.4) is 0 Å². The molecular formula is C16H14N6O. The van der Waals surface area contributed by atoms with Gasteiger partial charge in [-0.15, -0.1) is 5.10 Å². The van der Waals surface area contributed by atoms with Crippen LogP contribution < -0.4 is 5.32 Å². The van der Waals surface area contributed by atoms with Gasteiger partial charge < -0.3 is 5.32 Å². The van der Waals surface area contributed by atoms with Crippen LogP contribution in [0.25, 0.3) is 5.78 Å². The number of carbonyl (C=O) groups is 1. The summed E-state index contributed by atoms with van der Waals surface area (Å²) in [6, 6.07) is 10.7. The maximum atomic E-state index is 12.3. The van der Waals surface area contributed by atoms with Gasteiger partial charge in [0.15, 0.2) is 0 Å². The van der Waals surface area contributed by atoms with Crippen LogP contribution in [0.2, 0.25) is 0 Å². The van der Waals surface area contributed by atoms with Crippen LogP contribution in [-0.2, 0) is 0 Å². The van der Waals surface area contributed by atoms with Gasteiger partial charge in [0.1, 0.15) is 0 Å². The minimum atomic E-state index is -0.369. The average Bonchev–Trinajstić information content (AvgIpc) is 3.00. The summed E-state index contributed by atoms with van der Waals surface area (Å²) >= 11 is 0. The lowest BCUT2D eigenvalue weighted by atomic mass is 10.1. The fraction of sp³-hybridized carbons (Fsp3) is 0.188. The van der Waals surface area contributed by atoms with Crippen LogP contribution >= 0.6 is 0 Å². The molecule has 2 heterocycles. The molecule has 114 valence electrons. The lowest BCUT2D eigenvalue weighted by Gasteiger charge is -2.12. The Morgan fingerprint density at radius 1 is 1.30 bits per heavy atom. The third-order valence-corrected chi connectivity index (χ3v) is 3.52. The van der Waals surface area contributed by atoms with Crippen molar-refractivity contribution in [2.24, 2.45) is 0 Å². The largest absolute Gasteiger partial charge is 0.343 e. The van der Waals surface area contributed by atoms with E-state index in [1.165, 1.54) is 4.52 Å². The Morgan fingerprint density at radius 3 is 2.70 bits per heavy atom. The first-order valence-electron chi connectivity index (χ1n) is 7.08. The van der Waals surface area contributed by atoms with Crippen molar-refractivity contribution in [3.63, 3.8) is 0 Å². The molecule has 1 atom stereocenters. The summed E-state index contributed by atoms with van der Waals surface area (Å²) in [5.41, 5.74) is 2.33. The van der Waals surface area contributed by atoms with Crippen molar-refractivity contribution >= 4 is 11.7 Å². The van der Waals surface area contributed by atoms with E-state index < -0.39 is 0 Å². The number of amides is 1. The lowest BCUT2D eigenvalue weighted by molar-refractivity contribution is 0.0929. The number of carbonyl (C=O) groups excluding carboxylic acids is 1. The van der Waals surface area contributed by atoms with Gasteiger partial charge in [0.2, 0.25) is 5.82 Å². The van der Waals surface area contributed by atoms with Gasteiger partial charge in [0, 0.05) is 11.9 Å². The number of nitriles is 1. The first-order chi connectivity index (χ1) is 11.1. The molecular weight excluding hydrogens is 292 g/mol. The Balaban J connectivity index is 1.79. The molecule has 1 unspecified atom stereocenters. The Labute approximate surface area is 132 Å². The summed E-state index contributed by atoms with van der Waals surface area (Å²) in [6.07, 6.45) is 1.63.